The summed E-state index contributed by atoms with van der Waals surface area (Å²) in [4.78, 5) is 6.93. The van der Waals surface area contributed by atoms with Gasteiger partial charge in [0.05, 0.1) is 12.6 Å². The summed E-state index contributed by atoms with van der Waals surface area (Å²) in [5.41, 5.74) is 0. The Morgan fingerprint density at radius 2 is 2.11 bits per heavy atom. The zero-order valence-corrected chi connectivity index (χ0v) is 11.7. The minimum absolute atomic E-state index is 0.353. The van der Waals surface area contributed by atoms with Gasteiger partial charge >= 0.3 is 0 Å². The summed E-state index contributed by atoms with van der Waals surface area (Å²) in [6, 6.07) is 0. The number of hydrogen-bond acceptors (Lipinski definition) is 5. The molecule has 2 heterocycles. The van der Waals surface area contributed by atoms with E-state index in [4.69, 9.17) is 9.26 Å². The van der Waals surface area contributed by atoms with Crippen molar-refractivity contribution >= 4 is 0 Å². The molecule has 0 aromatic carbocycles. The molecular formula is C14H23N3O2. The van der Waals surface area contributed by atoms with Crippen molar-refractivity contribution < 1.29 is 9.26 Å². The van der Waals surface area contributed by atoms with E-state index in [-0.39, 0.29) is 0 Å². The second-order valence-electron chi connectivity index (χ2n) is 5.76. The molecule has 0 spiro atoms. The Morgan fingerprint density at radius 3 is 2.89 bits per heavy atom. The van der Waals surface area contributed by atoms with E-state index in [1.165, 1.54) is 32.1 Å². The fourth-order valence-electron chi connectivity index (χ4n) is 3.22. The van der Waals surface area contributed by atoms with Crippen molar-refractivity contribution in [2.75, 3.05) is 20.2 Å². The molecule has 5 nitrogen and oxygen atoms in total. The van der Waals surface area contributed by atoms with Crippen LogP contribution in [0.1, 0.15) is 56.2 Å². The molecule has 1 aromatic heterocycles. The molecule has 19 heavy (non-hydrogen) atoms. The van der Waals surface area contributed by atoms with Crippen LogP contribution in [0.25, 0.3) is 0 Å². The van der Waals surface area contributed by atoms with Crippen molar-refractivity contribution in [3.05, 3.63) is 11.7 Å². The normalized spacial score (nSPS) is 26.1. The Hall–Kier alpha value is -0.940. The summed E-state index contributed by atoms with van der Waals surface area (Å²) in [5.74, 6) is 2.22. The Morgan fingerprint density at radius 1 is 1.26 bits per heavy atom. The Bertz CT molecular complexity index is 401. The van der Waals surface area contributed by atoms with Crippen LogP contribution < -0.4 is 0 Å². The highest BCUT2D eigenvalue weighted by atomic mass is 16.5. The van der Waals surface area contributed by atoms with Crippen LogP contribution >= 0.6 is 0 Å². The molecule has 0 radical (unpaired) electrons. The van der Waals surface area contributed by atoms with Gasteiger partial charge in [0.1, 0.15) is 0 Å². The molecular weight excluding hydrogens is 242 g/mol. The lowest BCUT2D eigenvalue weighted by Gasteiger charge is -2.30. The summed E-state index contributed by atoms with van der Waals surface area (Å²) in [6.07, 6.45) is 7.73. The van der Waals surface area contributed by atoms with Gasteiger partial charge in [-0.3, -0.25) is 4.90 Å². The fourth-order valence-corrected chi connectivity index (χ4v) is 3.22. The molecule has 1 aliphatic carbocycles. The molecule has 3 rings (SSSR count). The van der Waals surface area contributed by atoms with E-state index in [9.17, 15) is 0 Å². The molecule has 1 aliphatic heterocycles. The number of aromatic nitrogens is 2. The maximum Gasteiger partial charge on any atom is 0.240 e. The van der Waals surface area contributed by atoms with Crippen molar-refractivity contribution in [3.8, 4) is 0 Å². The second-order valence-corrected chi connectivity index (χ2v) is 5.76. The monoisotopic (exact) mass is 265 g/mol. The fraction of sp³-hybridized carbons (Fsp3) is 0.857. The van der Waals surface area contributed by atoms with Crippen molar-refractivity contribution in [3.63, 3.8) is 0 Å². The topological polar surface area (TPSA) is 51.4 Å². The first kappa shape index (κ1) is 13.1. The molecule has 0 amide bonds. The molecule has 1 aromatic rings. The molecule has 2 fully saturated rings. The molecule has 0 bridgehead atoms. The summed E-state index contributed by atoms with van der Waals surface area (Å²) in [6.45, 7) is 2.83. The zero-order valence-electron chi connectivity index (χ0n) is 11.7. The van der Waals surface area contributed by atoms with E-state index in [1.807, 2.05) is 0 Å². The number of rotatable bonds is 4. The van der Waals surface area contributed by atoms with Crippen LogP contribution in [0, 0.1) is 0 Å². The largest absolute Gasteiger partial charge is 0.380 e. The van der Waals surface area contributed by atoms with Gasteiger partial charge in [-0.05, 0) is 32.2 Å². The van der Waals surface area contributed by atoms with Gasteiger partial charge in [0.15, 0.2) is 5.82 Å². The molecule has 5 heteroatoms. The van der Waals surface area contributed by atoms with Gasteiger partial charge in [-0.2, -0.15) is 4.98 Å². The van der Waals surface area contributed by atoms with E-state index in [0.717, 1.165) is 37.8 Å². The van der Waals surface area contributed by atoms with Gasteiger partial charge < -0.3 is 9.26 Å². The Balaban J connectivity index is 1.57. The summed E-state index contributed by atoms with van der Waals surface area (Å²) < 4.78 is 10.8. The lowest BCUT2D eigenvalue weighted by Crippen LogP contribution is -2.38. The predicted molar refractivity (Wildman–Crippen MR) is 70.8 cm³/mol. The molecule has 1 saturated carbocycles. The number of ether oxygens (including phenoxy) is 1. The minimum Gasteiger partial charge on any atom is -0.380 e. The first-order valence-corrected chi connectivity index (χ1v) is 7.43. The van der Waals surface area contributed by atoms with Gasteiger partial charge in [0.2, 0.25) is 5.89 Å². The van der Waals surface area contributed by atoms with Crippen LogP contribution in [0.2, 0.25) is 0 Å². The van der Waals surface area contributed by atoms with E-state index < -0.39 is 0 Å². The summed E-state index contributed by atoms with van der Waals surface area (Å²) in [7, 11) is 1.79. The SMILES string of the molecule is COC1CCCN(Cc2nc(C3CCCC3)no2)C1. The molecule has 1 unspecified atom stereocenters. The number of methoxy groups -OCH3 is 1. The van der Waals surface area contributed by atoms with E-state index in [2.05, 4.69) is 15.0 Å². The third-order valence-electron chi connectivity index (χ3n) is 4.36. The zero-order chi connectivity index (χ0) is 13.1. The van der Waals surface area contributed by atoms with Gasteiger partial charge in [0.25, 0.3) is 0 Å². The Kier molecular flexibility index (Phi) is 4.13. The van der Waals surface area contributed by atoms with Crippen molar-refractivity contribution in [1.82, 2.24) is 15.0 Å². The van der Waals surface area contributed by atoms with E-state index >= 15 is 0 Å². The standard InChI is InChI=1S/C14H23N3O2/c1-18-12-7-4-8-17(9-12)10-13-15-14(16-19-13)11-5-2-3-6-11/h11-12H,2-10H2,1H3. The molecule has 1 atom stereocenters. The average molecular weight is 265 g/mol. The smallest absolute Gasteiger partial charge is 0.240 e. The van der Waals surface area contributed by atoms with Gasteiger partial charge in [0, 0.05) is 19.6 Å². The summed E-state index contributed by atoms with van der Waals surface area (Å²) in [5, 5.41) is 4.16. The van der Waals surface area contributed by atoms with Crippen molar-refractivity contribution in [2.24, 2.45) is 0 Å². The van der Waals surface area contributed by atoms with Crippen molar-refractivity contribution in [2.45, 2.75) is 57.1 Å². The highest BCUT2D eigenvalue weighted by Gasteiger charge is 2.24. The maximum absolute atomic E-state index is 5.44. The average Bonchev–Trinajstić information content (AvgIpc) is 3.09. The molecule has 1 saturated heterocycles. The maximum atomic E-state index is 5.44. The number of hydrogen-bond donors (Lipinski definition) is 0. The predicted octanol–water partition coefficient (Wildman–Crippen LogP) is 2.34. The molecule has 0 N–H and O–H groups in total. The number of piperidine rings is 1. The molecule has 106 valence electrons. The number of nitrogens with zero attached hydrogens (tertiary/aromatic N) is 3. The Labute approximate surface area is 114 Å². The van der Waals surface area contributed by atoms with Gasteiger partial charge in [-0.1, -0.05) is 18.0 Å². The molecule has 2 aliphatic rings. The van der Waals surface area contributed by atoms with E-state index in [0.29, 0.717) is 12.0 Å². The van der Waals surface area contributed by atoms with Crippen LogP contribution in [-0.4, -0.2) is 41.3 Å². The van der Waals surface area contributed by atoms with Crippen LogP contribution in [0.5, 0.6) is 0 Å². The quantitative estimate of drug-likeness (QED) is 0.836. The lowest BCUT2D eigenvalue weighted by atomic mass is 10.1. The van der Waals surface area contributed by atoms with Crippen LogP contribution in [0.15, 0.2) is 4.52 Å². The summed E-state index contributed by atoms with van der Waals surface area (Å²) >= 11 is 0. The van der Waals surface area contributed by atoms with E-state index in [1.54, 1.807) is 7.11 Å². The van der Waals surface area contributed by atoms with Crippen LogP contribution in [0.3, 0.4) is 0 Å². The second kappa shape index (κ2) is 6.01. The third kappa shape index (κ3) is 3.15. The van der Waals surface area contributed by atoms with Gasteiger partial charge in [-0.15, -0.1) is 0 Å². The van der Waals surface area contributed by atoms with Crippen LogP contribution in [0.4, 0.5) is 0 Å². The third-order valence-corrected chi connectivity index (χ3v) is 4.36. The lowest BCUT2D eigenvalue weighted by molar-refractivity contribution is 0.0251. The first-order chi connectivity index (χ1) is 9.35. The number of likely N-dealkylation sites (tertiary alicyclic amines) is 1. The van der Waals surface area contributed by atoms with Crippen molar-refractivity contribution in [1.29, 1.82) is 0 Å². The minimum atomic E-state index is 0.353. The van der Waals surface area contributed by atoms with Gasteiger partial charge in [-0.25, -0.2) is 0 Å². The first-order valence-electron chi connectivity index (χ1n) is 7.43. The highest BCUT2D eigenvalue weighted by molar-refractivity contribution is 4.98. The highest BCUT2D eigenvalue weighted by Crippen LogP contribution is 2.32. The van der Waals surface area contributed by atoms with Crippen LogP contribution in [-0.2, 0) is 11.3 Å².